The first-order chi connectivity index (χ1) is 14.3. The summed E-state index contributed by atoms with van der Waals surface area (Å²) in [7, 11) is 1.36. The minimum atomic E-state index is -1.47. The summed E-state index contributed by atoms with van der Waals surface area (Å²) in [6.07, 6.45) is -10.7. The van der Waals surface area contributed by atoms with Gasteiger partial charge >= 0.3 is 0 Å². The van der Waals surface area contributed by atoms with E-state index in [4.69, 9.17) is 33.2 Å². The molecule has 3 aliphatic heterocycles. The van der Waals surface area contributed by atoms with Crippen LogP contribution < -0.4 is 0 Å². The lowest BCUT2D eigenvalue weighted by molar-refractivity contribution is -0.350. The van der Waals surface area contributed by atoms with Crippen LogP contribution in [-0.2, 0) is 33.2 Å². The monoisotopic (exact) mass is 438 g/mol. The third kappa shape index (κ3) is 4.55. The molecule has 3 fully saturated rings. The van der Waals surface area contributed by atoms with E-state index in [0.717, 1.165) is 0 Å². The molecular formula is C18H30O12. The molecule has 3 heterocycles. The molecule has 3 rings (SSSR count). The van der Waals surface area contributed by atoms with Crippen LogP contribution >= 0.6 is 0 Å². The van der Waals surface area contributed by atoms with Crippen molar-refractivity contribution < 1.29 is 58.7 Å². The van der Waals surface area contributed by atoms with Crippen LogP contribution in [0.5, 0.6) is 0 Å². The maximum Gasteiger partial charge on any atom is 0.282 e. The van der Waals surface area contributed by atoms with Gasteiger partial charge < -0.3 is 54.0 Å². The molecular weight excluding hydrogens is 408 g/mol. The number of rotatable bonds is 8. The van der Waals surface area contributed by atoms with E-state index in [0.29, 0.717) is 0 Å². The van der Waals surface area contributed by atoms with E-state index < -0.39 is 80.6 Å². The van der Waals surface area contributed by atoms with E-state index in [-0.39, 0.29) is 6.61 Å². The van der Waals surface area contributed by atoms with Gasteiger partial charge in [-0.15, -0.1) is 6.58 Å². The van der Waals surface area contributed by atoms with Crippen molar-refractivity contribution in [2.45, 2.75) is 74.3 Å². The van der Waals surface area contributed by atoms with Crippen LogP contribution in [0.4, 0.5) is 0 Å². The van der Waals surface area contributed by atoms with Crippen molar-refractivity contribution >= 4 is 0 Å². The summed E-state index contributed by atoms with van der Waals surface area (Å²) >= 11 is 0. The maximum absolute atomic E-state index is 10.8. The topological polar surface area (TPSA) is 166 Å². The third-order valence-corrected chi connectivity index (χ3v) is 5.37. The summed E-state index contributed by atoms with van der Waals surface area (Å²) in [5.41, 5.74) is 0. The van der Waals surface area contributed by atoms with Gasteiger partial charge in [0.05, 0.1) is 19.8 Å². The first-order valence-electron chi connectivity index (χ1n) is 9.64. The third-order valence-electron chi connectivity index (χ3n) is 5.37. The van der Waals surface area contributed by atoms with E-state index >= 15 is 0 Å². The first kappa shape index (κ1) is 23.9. The molecule has 174 valence electrons. The Morgan fingerprint density at radius 3 is 2.27 bits per heavy atom. The largest absolute Gasteiger partial charge is 0.394 e. The molecule has 30 heavy (non-hydrogen) atoms. The molecule has 1 unspecified atom stereocenters. The molecule has 12 heteroatoms. The molecule has 5 N–H and O–H groups in total. The Morgan fingerprint density at radius 2 is 1.67 bits per heavy atom. The van der Waals surface area contributed by atoms with E-state index in [1.807, 2.05) is 0 Å². The standard InChI is InChI=1S/C18H30O12/c1-4-5-25-14-10(21)8(6-19)26-16(12(14)23)28-13-9(7-20)27-17-15(11(13)22)29-18(2,24-3)30-17/h4,8-17,19-23H,1,5-7H2,2-3H3/t8-,9-,10+,11+,12-,13-,14+,15-,16+,17-,18?/m1/s1. The van der Waals surface area contributed by atoms with Gasteiger partial charge in [0.1, 0.15) is 48.8 Å². The fourth-order valence-corrected chi connectivity index (χ4v) is 3.71. The Balaban J connectivity index is 1.76. The first-order valence-corrected chi connectivity index (χ1v) is 9.64. The van der Waals surface area contributed by atoms with E-state index in [2.05, 4.69) is 6.58 Å². The lowest BCUT2D eigenvalue weighted by atomic mass is 9.97. The van der Waals surface area contributed by atoms with Crippen molar-refractivity contribution in [2.75, 3.05) is 26.9 Å². The van der Waals surface area contributed by atoms with Crippen LogP contribution in [0.2, 0.25) is 0 Å². The molecule has 0 saturated carbocycles. The molecule has 11 atom stereocenters. The minimum Gasteiger partial charge on any atom is -0.394 e. The molecule has 0 aromatic rings. The van der Waals surface area contributed by atoms with E-state index in [9.17, 15) is 25.5 Å². The fourth-order valence-electron chi connectivity index (χ4n) is 3.71. The molecule has 3 aliphatic rings. The second-order valence-corrected chi connectivity index (χ2v) is 7.38. The highest BCUT2D eigenvalue weighted by atomic mass is 16.9. The van der Waals surface area contributed by atoms with Gasteiger partial charge in [-0.25, -0.2) is 0 Å². The predicted molar refractivity (Wildman–Crippen MR) is 95.7 cm³/mol. The van der Waals surface area contributed by atoms with E-state index in [1.54, 1.807) is 0 Å². The highest BCUT2D eigenvalue weighted by molar-refractivity contribution is 4.97. The lowest BCUT2D eigenvalue weighted by Gasteiger charge is -2.45. The van der Waals surface area contributed by atoms with Crippen LogP contribution in [0, 0.1) is 0 Å². The molecule has 0 radical (unpaired) electrons. The second kappa shape index (κ2) is 9.81. The molecule has 12 nitrogen and oxygen atoms in total. The number of ether oxygens (including phenoxy) is 7. The van der Waals surface area contributed by atoms with Crippen molar-refractivity contribution in [3.63, 3.8) is 0 Å². The zero-order valence-corrected chi connectivity index (χ0v) is 16.8. The molecule has 0 amide bonds. The summed E-state index contributed by atoms with van der Waals surface area (Å²) < 4.78 is 38.5. The van der Waals surface area contributed by atoms with Crippen LogP contribution in [-0.4, -0.2) is 120 Å². The summed E-state index contributed by atoms with van der Waals surface area (Å²) in [6.45, 7) is 3.93. The van der Waals surface area contributed by atoms with Crippen molar-refractivity contribution in [3.8, 4) is 0 Å². The van der Waals surface area contributed by atoms with Crippen LogP contribution in [0.15, 0.2) is 12.7 Å². The van der Waals surface area contributed by atoms with Gasteiger partial charge in [0, 0.05) is 14.0 Å². The summed E-state index contributed by atoms with van der Waals surface area (Å²) in [5.74, 6) is -1.46. The Morgan fingerprint density at radius 1 is 0.967 bits per heavy atom. The zero-order valence-electron chi connectivity index (χ0n) is 16.8. The summed E-state index contributed by atoms with van der Waals surface area (Å²) in [5, 5.41) is 50.9. The Bertz CT molecular complexity index is 577. The normalized spacial score (nSPS) is 49.0. The van der Waals surface area contributed by atoms with Gasteiger partial charge in [0.15, 0.2) is 12.6 Å². The molecule has 0 aliphatic carbocycles. The molecule has 0 bridgehead atoms. The van der Waals surface area contributed by atoms with Crippen molar-refractivity contribution in [2.24, 2.45) is 0 Å². The SMILES string of the molecule is C=CCO[C@H]1[C@@H](O)[C@@H](CO)O[C@@H](O[C@H]2[C@H](O)[C@H]3OC(C)(OC)O[C@H]3O[C@@H]2CO)[C@@H]1O. The van der Waals surface area contributed by atoms with Crippen LogP contribution in [0.25, 0.3) is 0 Å². The minimum absolute atomic E-state index is 0.0304. The number of fused-ring (bicyclic) bond motifs is 1. The highest BCUT2D eigenvalue weighted by Crippen LogP contribution is 2.38. The quantitative estimate of drug-likeness (QED) is 0.247. The fraction of sp³-hybridized carbons (Fsp3) is 0.889. The van der Waals surface area contributed by atoms with Gasteiger partial charge in [-0.3, -0.25) is 4.74 Å². The highest BCUT2D eigenvalue weighted by Gasteiger charge is 2.58. The number of hydrogen-bond acceptors (Lipinski definition) is 12. The molecule has 0 aromatic carbocycles. The van der Waals surface area contributed by atoms with Gasteiger partial charge in [-0.05, 0) is 0 Å². The van der Waals surface area contributed by atoms with Crippen molar-refractivity contribution in [1.82, 2.24) is 0 Å². The Kier molecular flexibility index (Phi) is 7.82. The van der Waals surface area contributed by atoms with Gasteiger partial charge in [-0.2, -0.15) is 0 Å². The number of aliphatic hydroxyl groups excluding tert-OH is 5. The Hall–Kier alpha value is -0.740. The molecule has 0 aromatic heterocycles. The average molecular weight is 438 g/mol. The van der Waals surface area contributed by atoms with Gasteiger partial charge in [0.2, 0.25) is 0 Å². The van der Waals surface area contributed by atoms with Crippen molar-refractivity contribution in [1.29, 1.82) is 0 Å². The second-order valence-electron chi connectivity index (χ2n) is 7.38. The number of methoxy groups -OCH3 is 1. The predicted octanol–water partition coefficient (Wildman–Crippen LogP) is -2.80. The van der Waals surface area contributed by atoms with Gasteiger partial charge in [0.25, 0.3) is 5.97 Å². The van der Waals surface area contributed by atoms with Crippen LogP contribution in [0.1, 0.15) is 6.92 Å². The number of hydrogen-bond donors (Lipinski definition) is 5. The average Bonchev–Trinajstić information content (AvgIpc) is 3.09. The van der Waals surface area contributed by atoms with Crippen LogP contribution in [0.3, 0.4) is 0 Å². The maximum atomic E-state index is 10.8. The lowest BCUT2D eigenvalue weighted by Crippen LogP contribution is -2.64. The van der Waals surface area contributed by atoms with E-state index in [1.165, 1.54) is 20.1 Å². The van der Waals surface area contributed by atoms with Gasteiger partial charge in [-0.1, -0.05) is 6.08 Å². The van der Waals surface area contributed by atoms with Crippen molar-refractivity contribution in [3.05, 3.63) is 12.7 Å². The number of aliphatic hydroxyl groups is 5. The summed E-state index contributed by atoms with van der Waals surface area (Å²) in [4.78, 5) is 0. The Labute approximate surface area is 173 Å². The molecule has 3 saturated heterocycles. The molecule has 0 spiro atoms. The zero-order chi connectivity index (χ0) is 22.1. The summed E-state index contributed by atoms with van der Waals surface area (Å²) in [6, 6.07) is 0. The smallest absolute Gasteiger partial charge is 0.282 e.